The van der Waals surface area contributed by atoms with Crippen molar-refractivity contribution in [2.24, 2.45) is 4.99 Å². The van der Waals surface area contributed by atoms with Crippen molar-refractivity contribution in [1.29, 1.82) is 0 Å². The largest absolute Gasteiger partial charge is 0.352 e. The number of amidine groups is 1. The second-order valence-electron chi connectivity index (χ2n) is 7.27. The molecular formula is C20H23N7O3. The molecule has 0 bridgehead atoms. The minimum Gasteiger partial charge on any atom is -0.352 e. The standard InChI is InChI=1S/C20H23N7O3/c28-17(23-14-6-4-5-7-14)13-26-12-15(10-22-26)24-20(30)19-21-11-18(29)27(25-19)16-8-2-1-3-9-16/h1-3,8-10,12,14H,4-7,11,13H2,(H,21,25)(H,23,28)(H,24,30). The third-order valence-electron chi connectivity index (χ3n) is 4.99. The van der Waals surface area contributed by atoms with Crippen molar-refractivity contribution in [3.8, 4) is 0 Å². The fraction of sp³-hybridized carbons (Fsp3) is 0.350. The average molecular weight is 409 g/mol. The van der Waals surface area contributed by atoms with Gasteiger partial charge in [-0.1, -0.05) is 31.0 Å². The molecule has 3 N–H and O–H groups in total. The lowest BCUT2D eigenvalue weighted by Crippen LogP contribution is -2.54. The molecule has 1 fully saturated rings. The molecule has 1 aromatic carbocycles. The molecule has 2 aromatic rings. The number of nitrogens with zero attached hydrogens (tertiary/aromatic N) is 4. The van der Waals surface area contributed by atoms with Gasteiger partial charge in [0.2, 0.25) is 11.7 Å². The number of aromatic nitrogens is 2. The number of carbonyl (C=O) groups is 3. The molecule has 0 radical (unpaired) electrons. The molecule has 4 rings (SSSR count). The van der Waals surface area contributed by atoms with Gasteiger partial charge in [-0.3, -0.25) is 29.5 Å². The summed E-state index contributed by atoms with van der Waals surface area (Å²) in [5.41, 5.74) is 3.80. The van der Waals surface area contributed by atoms with Crippen LogP contribution in [-0.2, 0) is 20.9 Å². The van der Waals surface area contributed by atoms with Crippen LogP contribution in [0.15, 0.2) is 47.7 Å². The van der Waals surface area contributed by atoms with Crippen molar-refractivity contribution >= 4 is 34.9 Å². The first-order chi connectivity index (χ1) is 14.6. The van der Waals surface area contributed by atoms with Crippen LogP contribution in [0.4, 0.5) is 11.4 Å². The summed E-state index contributed by atoms with van der Waals surface area (Å²) in [5.74, 6) is -0.847. The minimum atomic E-state index is -0.501. The molecule has 2 heterocycles. The van der Waals surface area contributed by atoms with Gasteiger partial charge in [0.15, 0.2) is 0 Å². The molecule has 30 heavy (non-hydrogen) atoms. The molecule has 0 atom stereocenters. The monoisotopic (exact) mass is 409 g/mol. The average Bonchev–Trinajstić information content (AvgIpc) is 3.41. The first-order valence-electron chi connectivity index (χ1n) is 9.91. The molecule has 1 aliphatic heterocycles. The zero-order valence-electron chi connectivity index (χ0n) is 16.4. The quantitative estimate of drug-likeness (QED) is 0.653. The summed E-state index contributed by atoms with van der Waals surface area (Å²) in [6.07, 6.45) is 7.37. The van der Waals surface area contributed by atoms with E-state index in [9.17, 15) is 14.4 Å². The molecule has 1 aromatic heterocycles. The Morgan fingerprint density at radius 2 is 1.93 bits per heavy atom. The Labute approximate surface area is 173 Å². The third kappa shape index (κ3) is 4.65. The minimum absolute atomic E-state index is 0.0187. The van der Waals surface area contributed by atoms with Crippen LogP contribution in [0.3, 0.4) is 0 Å². The van der Waals surface area contributed by atoms with Crippen LogP contribution < -0.4 is 21.1 Å². The molecule has 156 valence electrons. The molecule has 10 nitrogen and oxygen atoms in total. The van der Waals surface area contributed by atoms with Crippen LogP contribution in [-0.4, -0.2) is 45.9 Å². The van der Waals surface area contributed by atoms with Crippen molar-refractivity contribution in [3.63, 3.8) is 0 Å². The second kappa shape index (κ2) is 8.76. The first-order valence-corrected chi connectivity index (χ1v) is 9.91. The number of benzene rings is 1. The van der Waals surface area contributed by atoms with Gasteiger partial charge in [0.05, 0.1) is 17.6 Å². The van der Waals surface area contributed by atoms with Gasteiger partial charge in [0.25, 0.3) is 11.8 Å². The number of hydrazine groups is 1. The Balaban J connectivity index is 1.33. The fourth-order valence-corrected chi connectivity index (χ4v) is 3.52. The van der Waals surface area contributed by atoms with Crippen LogP contribution in [0, 0.1) is 0 Å². The van der Waals surface area contributed by atoms with Crippen LogP contribution in [0.2, 0.25) is 0 Å². The maximum absolute atomic E-state index is 12.6. The Morgan fingerprint density at radius 1 is 1.17 bits per heavy atom. The van der Waals surface area contributed by atoms with Gasteiger partial charge in [-0.2, -0.15) is 5.10 Å². The summed E-state index contributed by atoms with van der Waals surface area (Å²) < 4.78 is 1.47. The Kier molecular flexibility index (Phi) is 5.73. The van der Waals surface area contributed by atoms with Gasteiger partial charge >= 0.3 is 0 Å². The normalized spacial score (nSPS) is 16.7. The van der Waals surface area contributed by atoms with Crippen molar-refractivity contribution in [3.05, 3.63) is 42.7 Å². The summed E-state index contributed by atoms with van der Waals surface area (Å²) in [5, 5.41) is 11.1. The molecule has 0 saturated heterocycles. The number of nitrogens with one attached hydrogen (secondary N) is 3. The summed E-state index contributed by atoms with van der Waals surface area (Å²) in [7, 11) is 0. The first kappa shape index (κ1) is 19.6. The zero-order chi connectivity index (χ0) is 20.9. The summed E-state index contributed by atoms with van der Waals surface area (Å²) in [6.45, 7) is -0.0485. The van der Waals surface area contributed by atoms with E-state index < -0.39 is 5.91 Å². The molecule has 0 unspecified atom stereocenters. The highest BCUT2D eigenvalue weighted by Crippen LogP contribution is 2.17. The predicted octanol–water partition coefficient (Wildman–Crippen LogP) is 0.830. The van der Waals surface area contributed by atoms with E-state index in [0.717, 1.165) is 25.7 Å². The maximum atomic E-state index is 12.6. The highest BCUT2D eigenvalue weighted by atomic mass is 16.2. The van der Waals surface area contributed by atoms with Crippen LogP contribution in [0.1, 0.15) is 25.7 Å². The van der Waals surface area contributed by atoms with E-state index in [1.807, 2.05) is 6.07 Å². The predicted molar refractivity (Wildman–Crippen MR) is 111 cm³/mol. The zero-order valence-corrected chi connectivity index (χ0v) is 16.4. The van der Waals surface area contributed by atoms with Gasteiger partial charge in [0.1, 0.15) is 13.1 Å². The number of para-hydroxylation sites is 1. The fourth-order valence-electron chi connectivity index (χ4n) is 3.52. The third-order valence-corrected chi connectivity index (χ3v) is 4.99. The lowest BCUT2D eigenvalue weighted by atomic mass is 10.2. The van der Waals surface area contributed by atoms with Gasteiger partial charge in [-0.05, 0) is 25.0 Å². The van der Waals surface area contributed by atoms with E-state index >= 15 is 0 Å². The summed E-state index contributed by atoms with van der Waals surface area (Å²) in [6, 6.07) is 9.20. The maximum Gasteiger partial charge on any atom is 0.292 e. The second-order valence-corrected chi connectivity index (χ2v) is 7.27. The van der Waals surface area contributed by atoms with Gasteiger partial charge in [0, 0.05) is 12.2 Å². The highest BCUT2D eigenvalue weighted by Gasteiger charge is 2.25. The van der Waals surface area contributed by atoms with Gasteiger partial charge < -0.3 is 10.6 Å². The van der Waals surface area contributed by atoms with Crippen molar-refractivity contribution < 1.29 is 14.4 Å². The molecular weight excluding hydrogens is 386 g/mol. The van der Waals surface area contributed by atoms with E-state index in [0.29, 0.717) is 11.4 Å². The lowest BCUT2D eigenvalue weighted by Gasteiger charge is -2.27. The van der Waals surface area contributed by atoms with E-state index in [1.54, 1.807) is 30.5 Å². The Bertz CT molecular complexity index is 964. The molecule has 1 aliphatic carbocycles. The number of amides is 3. The van der Waals surface area contributed by atoms with Gasteiger partial charge in [-0.15, -0.1) is 0 Å². The number of anilines is 2. The van der Waals surface area contributed by atoms with E-state index in [-0.39, 0.29) is 36.8 Å². The van der Waals surface area contributed by atoms with Crippen molar-refractivity contribution in [1.82, 2.24) is 20.5 Å². The Hall–Kier alpha value is -3.69. The van der Waals surface area contributed by atoms with Crippen LogP contribution in [0.5, 0.6) is 0 Å². The lowest BCUT2D eigenvalue weighted by molar-refractivity contribution is -0.122. The molecule has 1 saturated carbocycles. The van der Waals surface area contributed by atoms with Crippen molar-refractivity contribution in [2.45, 2.75) is 38.3 Å². The molecule has 2 aliphatic rings. The number of hydrogen-bond acceptors (Lipinski definition) is 6. The highest BCUT2D eigenvalue weighted by molar-refractivity contribution is 6.43. The number of aliphatic imine (C=N–C) groups is 1. The Morgan fingerprint density at radius 3 is 2.70 bits per heavy atom. The summed E-state index contributed by atoms with van der Waals surface area (Å²) in [4.78, 5) is 40.8. The number of hydrogen-bond donors (Lipinski definition) is 3. The summed E-state index contributed by atoms with van der Waals surface area (Å²) >= 11 is 0. The van der Waals surface area contributed by atoms with E-state index in [2.05, 4.69) is 26.2 Å². The van der Waals surface area contributed by atoms with Crippen LogP contribution >= 0.6 is 0 Å². The number of carbonyl (C=O) groups excluding carboxylic acids is 3. The molecule has 3 amide bonds. The van der Waals surface area contributed by atoms with E-state index in [4.69, 9.17) is 0 Å². The van der Waals surface area contributed by atoms with Gasteiger partial charge in [-0.25, -0.2) is 5.01 Å². The SMILES string of the molecule is O=C(Cn1cc(NC(=O)C2=NCC(=O)N(c3ccccc3)N2)cn1)NC1CCCC1. The topological polar surface area (TPSA) is 121 Å². The molecule has 0 spiro atoms. The van der Waals surface area contributed by atoms with Crippen molar-refractivity contribution in [2.75, 3.05) is 16.9 Å². The van der Waals surface area contributed by atoms with Crippen LogP contribution in [0.25, 0.3) is 0 Å². The van der Waals surface area contributed by atoms with E-state index in [1.165, 1.54) is 15.9 Å². The number of rotatable bonds is 6. The smallest absolute Gasteiger partial charge is 0.292 e. The molecule has 10 heteroatoms.